The lowest BCUT2D eigenvalue weighted by Gasteiger charge is -2.36. The molecule has 1 atom stereocenters. The van der Waals surface area contributed by atoms with E-state index in [0.29, 0.717) is 29.0 Å². The molecular formula is C24H24Cl2N2O3S. The quantitative estimate of drug-likeness (QED) is 0.462. The molecule has 0 saturated carbocycles. The van der Waals surface area contributed by atoms with Gasteiger partial charge in [-0.15, -0.1) is 11.3 Å². The highest BCUT2D eigenvalue weighted by Gasteiger charge is 2.34. The predicted molar refractivity (Wildman–Crippen MR) is 128 cm³/mol. The zero-order chi connectivity index (χ0) is 22.1. The molecule has 1 saturated heterocycles. The number of aryl methyl sites for hydroxylation is 1. The number of anilines is 1. The van der Waals surface area contributed by atoms with Crippen LogP contribution >= 0.6 is 34.5 Å². The van der Waals surface area contributed by atoms with Crippen LogP contribution in [0.3, 0.4) is 0 Å². The van der Waals surface area contributed by atoms with Crippen molar-refractivity contribution >= 4 is 45.4 Å². The summed E-state index contributed by atoms with van der Waals surface area (Å²) in [7, 11) is 0. The van der Waals surface area contributed by atoms with Crippen LogP contribution in [0.1, 0.15) is 51.0 Å². The average molecular weight is 491 g/mol. The summed E-state index contributed by atoms with van der Waals surface area (Å²) in [5.41, 5.74) is 3.49. The third-order valence-electron chi connectivity index (χ3n) is 6.13. The van der Waals surface area contributed by atoms with Crippen molar-refractivity contribution in [3.63, 3.8) is 0 Å². The number of benzene rings is 1. The van der Waals surface area contributed by atoms with E-state index >= 15 is 0 Å². The number of amides is 1. The van der Waals surface area contributed by atoms with Crippen LogP contribution in [0.15, 0.2) is 41.0 Å². The molecular weight excluding hydrogens is 467 g/mol. The number of hydrogen-bond acceptors (Lipinski definition) is 5. The molecule has 1 aromatic carbocycles. The number of carbonyl (C=O) groups is 1. The largest absolute Gasteiger partial charge is 0.459 e. The molecule has 1 amide bonds. The molecule has 0 spiro atoms. The molecule has 2 aromatic heterocycles. The molecule has 8 heteroatoms. The number of rotatable bonds is 5. The number of fused-ring (bicyclic) bond motifs is 1. The monoisotopic (exact) mass is 490 g/mol. The number of furan rings is 1. The van der Waals surface area contributed by atoms with E-state index < -0.39 is 0 Å². The van der Waals surface area contributed by atoms with Crippen LogP contribution in [0.2, 0.25) is 10.0 Å². The van der Waals surface area contributed by atoms with Crippen molar-refractivity contribution in [2.24, 2.45) is 0 Å². The zero-order valence-electron chi connectivity index (χ0n) is 17.5. The van der Waals surface area contributed by atoms with E-state index in [1.54, 1.807) is 29.5 Å². The molecule has 1 fully saturated rings. The van der Waals surface area contributed by atoms with Crippen molar-refractivity contribution in [3.8, 4) is 0 Å². The van der Waals surface area contributed by atoms with Crippen LogP contribution in [0, 0.1) is 0 Å². The fourth-order valence-corrected chi connectivity index (χ4v) is 6.47. The first-order chi connectivity index (χ1) is 15.6. The molecule has 3 heterocycles. The molecule has 1 aliphatic carbocycles. The minimum atomic E-state index is -0.238. The van der Waals surface area contributed by atoms with Crippen LogP contribution in [0.4, 0.5) is 5.00 Å². The van der Waals surface area contributed by atoms with E-state index in [-0.39, 0.29) is 11.9 Å². The van der Waals surface area contributed by atoms with Gasteiger partial charge >= 0.3 is 0 Å². The normalized spacial score (nSPS) is 17.7. The Hall–Kier alpha value is -1.83. The van der Waals surface area contributed by atoms with E-state index in [4.69, 9.17) is 32.4 Å². The Labute approximate surface area is 201 Å². The number of thiophene rings is 1. The highest BCUT2D eigenvalue weighted by molar-refractivity contribution is 7.16. The van der Waals surface area contributed by atoms with Crippen LogP contribution in [-0.2, 0) is 17.6 Å². The molecule has 1 N–H and O–H groups in total. The lowest BCUT2D eigenvalue weighted by molar-refractivity contribution is 0.0239. The maximum atomic E-state index is 12.9. The van der Waals surface area contributed by atoms with Crippen molar-refractivity contribution in [1.29, 1.82) is 0 Å². The number of nitrogens with zero attached hydrogens (tertiary/aromatic N) is 1. The Morgan fingerprint density at radius 3 is 2.69 bits per heavy atom. The van der Waals surface area contributed by atoms with Gasteiger partial charge < -0.3 is 14.5 Å². The minimum Gasteiger partial charge on any atom is -0.459 e. The third kappa shape index (κ3) is 4.35. The van der Waals surface area contributed by atoms with E-state index in [2.05, 4.69) is 10.2 Å². The SMILES string of the molecule is O=C(Nc1sc2c(c1[C@H](c1ccc(Cl)cc1Cl)N1CCOCC1)CCCC2)c1ccco1. The first-order valence-electron chi connectivity index (χ1n) is 10.9. The topological polar surface area (TPSA) is 54.7 Å². The van der Waals surface area contributed by atoms with Gasteiger partial charge in [0.25, 0.3) is 5.91 Å². The number of carbonyl (C=O) groups excluding carboxylic acids is 1. The molecule has 0 radical (unpaired) electrons. The van der Waals surface area contributed by atoms with Crippen LogP contribution in [0.5, 0.6) is 0 Å². The van der Waals surface area contributed by atoms with Crippen LogP contribution in [0.25, 0.3) is 0 Å². The number of nitrogens with one attached hydrogen (secondary N) is 1. The summed E-state index contributed by atoms with van der Waals surface area (Å²) in [5.74, 6) is 0.0625. The standard InChI is InChI=1S/C24H24Cl2N2O3S/c25-15-7-8-16(18(26)14-15)22(28-9-12-30-13-10-28)21-17-4-1-2-6-20(17)32-24(21)27-23(29)19-5-3-11-31-19/h3,5,7-8,11,14,22H,1-2,4,6,9-10,12-13H2,(H,27,29)/t22-/m0/s1. The van der Waals surface area contributed by atoms with E-state index in [0.717, 1.165) is 48.5 Å². The third-order valence-corrected chi connectivity index (χ3v) is 7.91. The molecule has 0 bridgehead atoms. The number of halogens is 2. The van der Waals surface area contributed by atoms with Crippen molar-refractivity contribution in [3.05, 3.63) is 74.0 Å². The van der Waals surface area contributed by atoms with E-state index in [1.165, 1.54) is 23.1 Å². The lowest BCUT2D eigenvalue weighted by atomic mass is 9.88. The highest BCUT2D eigenvalue weighted by atomic mass is 35.5. The van der Waals surface area contributed by atoms with Gasteiger partial charge in [-0.1, -0.05) is 29.3 Å². The van der Waals surface area contributed by atoms with Gasteiger partial charge in [-0.2, -0.15) is 0 Å². The molecule has 5 nitrogen and oxygen atoms in total. The van der Waals surface area contributed by atoms with Gasteiger partial charge in [0.1, 0.15) is 5.00 Å². The van der Waals surface area contributed by atoms with E-state index in [9.17, 15) is 4.79 Å². The minimum absolute atomic E-state index is 0.0892. The van der Waals surface area contributed by atoms with E-state index in [1.807, 2.05) is 12.1 Å². The molecule has 1 aliphatic heterocycles. The Morgan fingerprint density at radius 1 is 1.12 bits per heavy atom. The maximum Gasteiger partial charge on any atom is 0.291 e. The maximum absolute atomic E-state index is 12.9. The van der Waals surface area contributed by atoms with Gasteiger partial charge in [0.15, 0.2) is 5.76 Å². The number of morpholine rings is 1. The summed E-state index contributed by atoms with van der Waals surface area (Å²) in [4.78, 5) is 16.7. The Morgan fingerprint density at radius 2 is 1.94 bits per heavy atom. The van der Waals surface area contributed by atoms with Crippen LogP contribution in [-0.4, -0.2) is 37.1 Å². The summed E-state index contributed by atoms with van der Waals surface area (Å²) < 4.78 is 11.0. The Balaban J connectivity index is 1.64. The van der Waals surface area contributed by atoms with Gasteiger partial charge in [-0.25, -0.2) is 0 Å². The first-order valence-corrected chi connectivity index (χ1v) is 12.4. The molecule has 2 aliphatic rings. The molecule has 168 valence electrons. The van der Waals surface area contributed by atoms with Crippen molar-refractivity contribution in [2.45, 2.75) is 31.7 Å². The van der Waals surface area contributed by atoms with Gasteiger partial charge in [0.05, 0.1) is 25.5 Å². The van der Waals surface area contributed by atoms with Crippen molar-refractivity contribution in [2.75, 3.05) is 31.6 Å². The summed E-state index contributed by atoms with van der Waals surface area (Å²) in [6, 6.07) is 9.00. The zero-order valence-corrected chi connectivity index (χ0v) is 19.9. The Bertz CT molecular complexity index is 1110. The van der Waals surface area contributed by atoms with Gasteiger partial charge in [-0.05, 0) is 61.1 Å². The predicted octanol–water partition coefficient (Wildman–Crippen LogP) is 6.20. The smallest absolute Gasteiger partial charge is 0.291 e. The van der Waals surface area contributed by atoms with Gasteiger partial charge in [0.2, 0.25) is 0 Å². The molecule has 0 unspecified atom stereocenters. The summed E-state index contributed by atoms with van der Waals surface area (Å²) >= 11 is 14.6. The van der Waals surface area contributed by atoms with Crippen molar-refractivity contribution in [1.82, 2.24) is 4.90 Å². The second-order valence-corrected chi connectivity index (χ2v) is 10.1. The van der Waals surface area contributed by atoms with Gasteiger partial charge in [-0.3, -0.25) is 9.69 Å². The molecule has 5 rings (SSSR count). The van der Waals surface area contributed by atoms with Crippen LogP contribution < -0.4 is 5.32 Å². The Kier molecular flexibility index (Phi) is 6.58. The summed E-state index contributed by atoms with van der Waals surface area (Å²) in [6.07, 6.45) is 5.87. The first kappa shape index (κ1) is 22.0. The lowest BCUT2D eigenvalue weighted by Crippen LogP contribution is -2.40. The summed E-state index contributed by atoms with van der Waals surface area (Å²) in [6.45, 7) is 2.92. The molecule has 32 heavy (non-hydrogen) atoms. The second-order valence-electron chi connectivity index (χ2n) is 8.10. The highest BCUT2D eigenvalue weighted by Crippen LogP contribution is 2.47. The van der Waals surface area contributed by atoms with Crippen molar-refractivity contribution < 1.29 is 13.9 Å². The summed E-state index contributed by atoms with van der Waals surface area (Å²) in [5, 5.41) is 5.27. The van der Waals surface area contributed by atoms with Gasteiger partial charge in [0, 0.05) is 33.6 Å². The molecule has 3 aromatic rings. The number of ether oxygens (including phenoxy) is 1. The fraction of sp³-hybridized carbons (Fsp3) is 0.375. The second kappa shape index (κ2) is 9.57. The average Bonchev–Trinajstić information content (AvgIpc) is 3.45. The number of hydrogen-bond donors (Lipinski definition) is 1. The fourth-order valence-electron chi connectivity index (χ4n) is 4.64.